The lowest BCUT2D eigenvalue weighted by molar-refractivity contribution is 1.31. The molecule has 1 aromatic carbocycles. The van der Waals surface area contributed by atoms with Crippen molar-refractivity contribution in [2.75, 3.05) is 0 Å². The molecule has 3 aromatic rings. The van der Waals surface area contributed by atoms with Gasteiger partial charge >= 0.3 is 0 Å². The normalized spacial score (nSPS) is 11.3. The fourth-order valence-corrected chi connectivity index (χ4v) is 1.99. The third kappa shape index (κ3) is 1.17. The Balaban J connectivity index is 2.66. The minimum absolute atomic E-state index is 0.121. The Morgan fingerprint density at radius 1 is 1.13 bits per heavy atom. The minimum Gasteiger partial charge on any atom is -0.357 e. The highest BCUT2D eigenvalue weighted by Crippen LogP contribution is 2.22. The number of fused-ring (bicyclic) bond motifs is 3. The van der Waals surface area contributed by atoms with Crippen LogP contribution in [0.2, 0.25) is 5.02 Å². The topological polar surface area (TPSA) is 48.6 Å². The summed E-state index contributed by atoms with van der Waals surface area (Å²) in [6.07, 6.45) is 1.76. The number of aromatic nitrogens is 2. The summed E-state index contributed by atoms with van der Waals surface area (Å²) in [6, 6.07) is 7.37. The first-order valence-electron chi connectivity index (χ1n) is 4.54. The number of hydrogen-bond donors (Lipinski definition) is 2. The van der Waals surface area contributed by atoms with Gasteiger partial charge in [-0.1, -0.05) is 17.7 Å². The molecule has 3 rings (SSSR count). The van der Waals surface area contributed by atoms with Gasteiger partial charge in [-0.25, -0.2) is 0 Å². The zero-order chi connectivity index (χ0) is 10.4. The molecule has 2 N–H and O–H groups in total. The predicted octanol–water partition coefficient (Wildman–Crippen LogP) is 2.66. The number of benzene rings is 1. The quantitative estimate of drug-likeness (QED) is 0.599. The molecule has 0 bridgehead atoms. The van der Waals surface area contributed by atoms with Gasteiger partial charge in [-0.3, -0.25) is 4.79 Å². The molecule has 4 heteroatoms. The van der Waals surface area contributed by atoms with Crippen molar-refractivity contribution < 1.29 is 0 Å². The Labute approximate surface area is 89.7 Å². The second-order valence-corrected chi connectivity index (χ2v) is 3.85. The van der Waals surface area contributed by atoms with E-state index in [-0.39, 0.29) is 5.56 Å². The monoisotopic (exact) mass is 218 g/mol. The second kappa shape index (κ2) is 2.87. The van der Waals surface area contributed by atoms with Crippen molar-refractivity contribution >= 4 is 33.4 Å². The van der Waals surface area contributed by atoms with Gasteiger partial charge in [0, 0.05) is 22.0 Å². The van der Waals surface area contributed by atoms with E-state index in [1.54, 1.807) is 12.3 Å². The second-order valence-electron chi connectivity index (χ2n) is 3.41. The Bertz CT molecular complexity index is 711. The maximum absolute atomic E-state index is 11.6. The maximum Gasteiger partial charge on any atom is 0.272 e. The maximum atomic E-state index is 11.6. The van der Waals surface area contributed by atoms with Crippen LogP contribution < -0.4 is 5.56 Å². The molecule has 0 saturated carbocycles. The number of pyridine rings is 1. The van der Waals surface area contributed by atoms with Crippen molar-refractivity contribution in [2.24, 2.45) is 0 Å². The van der Waals surface area contributed by atoms with E-state index in [0.29, 0.717) is 10.5 Å². The smallest absolute Gasteiger partial charge is 0.272 e. The molecule has 74 valence electrons. The first-order valence-corrected chi connectivity index (χ1v) is 4.92. The van der Waals surface area contributed by atoms with E-state index in [2.05, 4.69) is 9.97 Å². The van der Waals surface area contributed by atoms with Crippen molar-refractivity contribution in [3.63, 3.8) is 0 Å². The summed E-state index contributed by atoms with van der Waals surface area (Å²) >= 11 is 5.87. The third-order valence-electron chi connectivity index (χ3n) is 2.49. The number of nitrogens with one attached hydrogen (secondary N) is 2. The number of H-pyrrole nitrogens is 2. The molecule has 0 radical (unpaired) electrons. The average Bonchev–Trinajstić information content (AvgIpc) is 2.66. The zero-order valence-corrected chi connectivity index (χ0v) is 8.43. The van der Waals surface area contributed by atoms with Gasteiger partial charge in [0.05, 0.1) is 5.52 Å². The molecule has 0 atom stereocenters. The number of halogens is 1. The lowest BCUT2D eigenvalue weighted by Gasteiger charge is -1.99. The van der Waals surface area contributed by atoms with Crippen LogP contribution in [0.4, 0.5) is 0 Å². The van der Waals surface area contributed by atoms with Crippen LogP contribution in [0, 0.1) is 0 Å². The van der Waals surface area contributed by atoms with Gasteiger partial charge in [0.2, 0.25) is 0 Å². The standard InChI is InChI=1S/C11H7ClN2O/c12-6-1-2-7-8-3-4-13-10(8)11(15)14-9(7)5-6/h1-5,13H,(H,14,15). The van der Waals surface area contributed by atoms with Gasteiger partial charge in [-0.15, -0.1) is 0 Å². The Hall–Kier alpha value is -1.74. The van der Waals surface area contributed by atoms with Crippen LogP contribution in [0.5, 0.6) is 0 Å². The van der Waals surface area contributed by atoms with Crippen molar-refractivity contribution in [1.82, 2.24) is 9.97 Å². The number of rotatable bonds is 0. The van der Waals surface area contributed by atoms with Gasteiger partial charge in [-0.2, -0.15) is 0 Å². The number of hydrogen-bond acceptors (Lipinski definition) is 1. The molecule has 0 spiro atoms. The molecule has 0 amide bonds. The van der Waals surface area contributed by atoms with Crippen molar-refractivity contribution in [3.05, 3.63) is 45.8 Å². The predicted molar refractivity (Wildman–Crippen MR) is 61.4 cm³/mol. The summed E-state index contributed by atoms with van der Waals surface area (Å²) < 4.78 is 0. The van der Waals surface area contributed by atoms with Gasteiger partial charge in [0.25, 0.3) is 5.56 Å². The minimum atomic E-state index is -0.121. The highest BCUT2D eigenvalue weighted by atomic mass is 35.5. The SMILES string of the molecule is O=c1[nH]c2cc(Cl)ccc2c2cc[nH]c12. The number of aromatic amines is 2. The van der Waals surface area contributed by atoms with Crippen LogP contribution in [0.1, 0.15) is 0 Å². The van der Waals surface area contributed by atoms with E-state index in [1.807, 2.05) is 18.2 Å². The summed E-state index contributed by atoms with van der Waals surface area (Å²) in [6.45, 7) is 0. The molecule has 2 heterocycles. The summed E-state index contributed by atoms with van der Waals surface area (Å²) in [5.41, 5.74) is 1.24. The molecule has 0 saturated heterocycles. The van der Waals surface area contributed by atoms with Gasteiger partial charge < -0.3 is 9.97 Å². The molecule has 0 aliphatic heterocycles. The Kier molecular flexibility index (Phi) is 1.64. The van der Waals surface area contributed by atoms with Crippen molar-refractivity contribution in [2.45, 2.75) is 0 Å². The molecule has 0 aliphatic rings. The van der Waals surface area contributed by atoms with Crippen LogP contribution in [0.15, 0.2) is 35.3 Å². The third-order valence-corrected chi connectivity index (χ3v) is 2.73. The van der Waals surface area contributed by atoms with Crippen LogP contribution >= 0.6 is 11.6 Å². The van der Waals surface area contributed by atoms with Gasteiger partial charge in [0.15, 0.2) is 0 Å². The van der Waals surface area contributed by atoms with E-state index < -0.39 is 0 Å². The Morgan fingerprint density at radius 2 is 2.00 bits per heavy atom. The zero-order valence-electron chi connectivity index (χ0n) is 7.67. The Morgan fingerprint density at radius 3 is 2.87 bits per heavy atom. The van der Waals surface area contributed by atoms with E-state index in [4.69, 9.17) is 11.6 Å². The summed E-state index contributed by atoms with van der Waals surface area (Å²) in [4.78, 5) is 17.3. The molecular formula is C11H7ClN2O. The van der Waals surface area contributed by atoms with Crippen molar-refractivity contribution in [1.29, 1.82) is 0 Å². The summed E-state index contributed by atoms with van der Waals surface area (Å²) in [5, 5.41) is 2.54. The lowest BCUT2D eigenvalue weighted by Crippen LogP contribution is -2.05. The van der Waals surface area contributed by atoms with Gasteiger partial charge in [-0.05, 0) is 18.2 Å². The van der Waals surface area contributed by atoms with Crippen LogP contribution in [-0.4, -0.2) is 9.97 Å². The van der Waals surface area contributed by atoms with E-state index in [9.17, 15) is 4.79 Å². The summed E-state index contributed by atoms with van der Waals surface area (Å²) in [5.74, 6) is 0. The lowest BCUT2D eigenvalue weighted by atomic mass is 10.1. The molecular weight excluding hydrogens is 212 g/mol. The first-order chi connectivity index (χ1) is 7.25. The summed E-state index contributed by atoms with van der Waals surface area (Å²) in [7, 11) is 0. The highest BCUT2D eigenvalue weighted by Gasteiger charge is 2.05. The molecule has 15 heavy (non-hydrogen) atoms. The van der Waals surface area contributed by atoms with Crippen LogP contribution in [-0.2, 0) is 0 Å². The van der Waals surface area contributed by atoms with Crippen LogP contribution in [0.3, 0.4) is 0 Å². The fourth-order valence-electron chi connectivity index (χ4n) is 1.82. The van der Waals surface area contributed by atoms with E-state index >= 15 is 0 Å². The molecule has 0 aliphatic carbocycles. The molecule has 0 fully saturated rings. The fraction of sp³-hybridized carbons (Fsp3) is 0. The van der Waals surface area contributed by atoms with Crippen molar-refractivity contribution in [3.8, 4) is 0 Å². The van der Waals surface area contributed by atoms with E-state index in [0.717, 1.165) is 16.3 Å². The highest BCUT2D eigenvalue weighted by molar-refractivity contribution is 6.31. The van der Waals surface area contributed by atoms with Crippen LogP contribution in [0.25, 0.3) is 21.8 Å². The molecule has 3 nitrogen and oxygen atoms in total. The molecule has 0 unspecified atom stereocenters. The van der Waals surface area contributed by atoms with E-state index in [1.165, 1.54) is 0 Å². The van der Waals surface area contributed by atoms with Gasteiger partial charge in [0.1, 0.15) is 5.52 Å². The molecule has 2 aromatic heterocycles. The largest absolute Gasteiger partial charge is 0.357 e. The average molecular weight is 219 g/mol. The first kappa shape index (κ1) is 8.56.